The lowest BCUT2D eigenvalue weighted by Crippen LogP contribution is -2.32. The van der Waals surface area contributed by atoms with Crippen LogP contribution in [-0.2, 0) is 6.61 Å². The van der Waals surface area contributed by atoms with E-state index in [4.69, 9.17) is 14.6 Å². The molecule has 1 aliphatic carbocycles. The van der Waals surface area contributed by atoms with E-state index in [9.17, 15) is 5.11 Å². The van der Waals surface area contributed by atoms with Gasteiger partial charge in [0.25, 0.3) is 0 Å². The molecule has 1 aromatic rings. The van der Waals surface area contributed by atoms with Gasteiger partial charge < -0.3 is 19.7 Å². The summed E-state index contributed by atoms with van der Waals surface area (Å²) in [6.45, 7) is 0.239. The van der Waals surface area contributed by atoms with Crippen molar-refractivity contribution in [2.24, 2.45) is 0 Å². The van der Waals surface area contributed by atoms with Gasteiger partial charge in [0, 0.05) is 0 Å². The summed E-state index contributed by atoms with van der Waals surface area (Å²) >= 11 is 0. The normalized spacial score (nSPS) is 17.7. The molecule has 0 aromatic heterocycles. The number of hydrogen-bond donors (Lipinski definition) is 2. The predicted octanol–water partition coefficient (Wildman–Crippen LogP) is 1.87. The van der Waals surface area contributed by atoms with Crippen LogP contribution in [0.4, 0.5) is 0 Å². The number of ether oxygens (including phenoxy) is 2. The Bertz CT molecular complexity index is 397. The van der Waals surface area contributed by atoms with E-state index in [1.165, 1.54) is 0 Å². The Balaban J connectivity index is 2.07. The molecule has 1 saturated carbocycles. The first-order valence-electron chi connectivity index (χ1n) is 6.30. The molecule has 1 aliphatic rings. The molecule has 100 valence electrons. The van der Waals surface area contributed by atoms with Gasteiger partial charge in [0.1, 0.15) is 6.61 Å². The van der Waals surface area contributed by atoms with Crippen LogP contribution < -0.4 is 9.47 Å². The first-order chi connectivity index (χ1) is 8.67. The molecule has 1 aromatic carbocycles. The summed E-state index contributed by atoms with van der Waals surface area (Å²) < 4.78 is 10.9. The molecule has 0 spiro atoms. The zero-order chi connectivity index (χ0) is 13.0. The van der Waals surface area contributed by atoms with Crippen molar-refractivity contribution in [2.75, 3.05) is 13.7 Å². The van der Waals surface area contributed by atoms with Crippen molar-refractivity contribution in [3.05, 3.63) is 23.8 Å². The maximum atomic E-state index is 10.2. The molecule has 0 saturated heterocycles. The van der Waals surface area contributed by atoms with Crippen LogP contribution in [0.15, 0.2) is 18.2 Å². The van der Waals surface area contributed by atoms with Gasteiger partial charge in [-0.25, -0.2) is 0 Å². The van der Waals surface area contributed by atoms with Crippen LogP contribution in [0.5, 0.6) is 11.5 Å². The highest BCUT2D eigenvalue weighted by atomic mass is 16.5. The molecular weight excluding hydrogens is 232 g/mol. The average Bonchev–Trinajstić information content (AvgIpc) is 2.83. The van der Waals surface area contributed by atoms with E-state index in [2.05, 4.69) is 0 Å². The highest BCUT2D eigenvalue weighted by Crippen LogP contribution is 2.33. The van der Waals surface area contributed by atoms with Crippen molar-refractivity contribution in [3.8, 4) is 11.5 Å². The Kier molecular flexibility index (Phi) is 4.09. The van der Waals surface area contributed by atoms with Crippen LogP contribution in [0.25, 0.3) is 0 Å². The smallest absolute Gasteiger partial charge is 0.161 e. The van der Waals surface area contributed by atoms with Crippen molar-refractivity contribution < 1.29 is 19.7 Å². The number of benzene rings is 1. The highest BCUT2D eigenvalue weighted by Gasteiger charge is 2.32. The molecule has 0 unspecified atom stereocenters. The van der Waals surface area contributed by atoms with E-state index in [0.29, 0.717) is 11.5 Å². The number of aliphatic hydroxyl groups is 2. The first-order valence-corrected chi connectivity index (χ1v) is 6.30. The summed E-state index contributed by atoms with van der Waals surface area (Å²) in [5, 5.41) is 19.3. The maximum absolute atomic E-state index is 10.2. The summed E-state index contributed by atoms with van der Waals surface area (Å²) in [4.78, 5) is 0. The van der Waals surface area contributed by atoms with E-state index >= 15 is 0 Å². The van der Waals surface area contributed by atoms with Gasteiger partial charge in [0.15, 0.2) is 11.5 Å². The molecule has 2 rings (SSSR count). The second kappa shape index (κ2) is 5.59. The minimum absolute atomic E-state index is 0.0371. The van der Waals surface area contributed by atoms with Crippen molar-refractivity contribution in [1.82, 2.24) is 0 Å². The van der Waals surface area contributed by atoms with E-state index in [-0.39, 0.29) is 13.2 Å². The molecule has 1 fully saturated rings. The number of hydrogen-bond acceptors (Lipinski definition) is 4. The van der Waals surface area contributed by atoms with Crippen molar-refractivity contribution in [1.29, 1.82) is 0 Å². The summed E-state index contributed by atoms with van der Waals surface area (Å²) in [6, 6.07) is 5.30. The minimum Gasteiger partial charge on any atom is -0.493 e. The van der Waals surface area contributed by atoms with Gasteiger partial charge in [-0.15, -0.1) is 0 Å². The van der Waals surface area contributed by atoms with Gasteiger partial charge in [-0.05, 0) is 30.5 Å². The zero-order valence-corrected chi connectivity index (χ0v) is 10.7. The molecule has 2 N–H and O–H groups in total. The molecule has 0 aliphatic heterocycles. The fourth-order valence-electron chi connectivity index (χ4n) is 2.32. The predicted molar refractivity (Wildman–Crippen MR) is 67.8 cm³/mol. The van der Waals surface area contributed by atoms with E-state index in [1.54, 1.807) is 25.3 Å². The molecule has 4 nitrogen and oxygen atoms in total. The quantitative estimate of drug-likeness (QED) is 0.840. The fraction of sp³-hybridized carbons (Fsp3) is 0.571. The Morgan fingerprint density at radius 2 is 1.94 bits per heavy atom. The van der Waals surface area contributed by atoms with Crippen molar-refractivity contribution in [2.45, 2.75) is 37.9 Å². The molecule has 0 heterocycles. The summed E-state index contributed by atoms with van der Waals surface area (Å²) in [5.74, 6) is 1.19. The Hall–Kier alpha value is -1.26. The van der Waals surface area contributed by atoms with Crippen LogP contribution in [-0.4, -0.2) is 29.5 Å². The maximum Gasteiger partial charge on any atom is 0.161 e. The van der Waals surface area contributed by atoms with Gasteiger partial charge in [0.05, 0.1) is 19.3 Å². The Morgan fingerprint density at radius 3 is 2.56 bits per heavy atom. The second-order valence-corrected chi connectivity index (χ2v) is 4.86. The highest BCUT2D eigenvalue weighted by molar-refractivity contribution is 5.42. The van der Waals surface area contributed by atoms with Crippen LogP contribution in [0, 0.1) is 0 Å². The zero-order valence-electron chi connectivity index (χ0n) is 10.7. The topological polar surface area (TPSA) is 58.9 Å². The first kappa shape index (κ1) is 13.2. The van der Waals surface area contributed by atoms with Gasteiger partial charge in [-0.2, -0.15) is 0 Å². The molecule has 0 amide bonds. The lowest BCUT2D eigenvalue weighted by Gasteiger charge is -2.23. The third kappa shape index (κ3) is 2.94. The molecule has 4 heteroatoms. The Labute approximate surface area is 107 Å². The van der Waals surface area contributed by atoms with E-state index in [1.807, 2.05) is 0 Å². The second-order valence-electron chi connectivity index (χ2n) is 4.86. The van der Waals surface area contributed by atoms with Crippen molar-refractivity contribution in [3.63, 3.8) is 0 Å². The fourth-order valence-corrected chi connectivity index (χ4v) is 2.32. The van der Waals surface area contributed by atoms with Crippen LogP contribution in [0.1, 0.15) is 31.2 Å². The largest absolute Gasteiger partial charge is 0.493 e. The van der Waals surface area contributed by atoms with Gasteiger partial charge in [0.2, 0.25) is 0 Å². The lowest BCUT2D eigenvalue weighted by atomic mass is 10.0. The molecule has 0 bridgehead atoms. The van der Waals surface area contributed by atoms with Crippen molar-refractivity contribution >= 4 is 0 Å². The molecule has 0 atom stereocenters. The lowest BCUT2D eigenvalue weighted by molar-refractivity contribution is 0.000691. The van der Waals surface area contributed by atoms with Gasteiger partial charge in [-0.1, -0.05) is 18.9 Å². The Morgan fingerprint density at radius 1 is 1.22 bits per heavy atom. The van der Waals surface area contributed by atoms with E-state index < -0.39 is 5.60 Å². The molecular formula is C14H20O4. The standard InChI is InChI=1S/C14H20O4/c1-17-12-5-4-11(9-15)8-13(12)18-10-14(16)6-2-3-7-14/h4-5,8,15-16H,2-3,6-7,9-10H2,1H3. The summed E-state index contributed by atoms with van der Waals surface area (Å²) in [5.41, 5.74) is 0.0597. The third-order valence-corrected chi connectivity index (χ3v) is 3.44. The van der Waals surface area contributed by atoms with Gasteiger partial charge >= 0.3 is 0 Å². The van der Waals surface area contributed by atoms with Crippen LogP contribution in [0.3, 0.4) is 0 Å². The van der Waals surface area contributed by atoms with Crippen LogP contribution >= 0.6 is 0 Å². The third-order valence-electron chi connectivity index (χ3n) is 3.44. The minimum atomic E-state index is -0.708. The average molecular weight is 252 g/mol. The van der Waals surface area contributed by atoms with Crippen LogP contribution in [0.2, 0.25) is 0 Å². The number of rotatable bonds is 5. The monoisotopic (exact) mass is 252 g/mol. The summed E-state index contributed by atoms with van der Waals surface area (Å²) in [6.07, 6.45) is 3.67. The van der Waals surface area contributed by atoms with Gasteiger partial charge in [-0.3, -0.25) is 0 Å². The summed E-state index contributed by atoms with van der Waals surface area (Å²) in [7, 11) is 1.57. The molecule has 18 heavy (non-hydrogen) atoms. The van der Waals surface area contributed by atoms with E-state index in [0.717, 1.165) is 31.2 Å². The SMILES string of the molecule is COc1ccc(CO)cc1OCC1(O)CCCC1. The number of methoxy groups -OCH3 is 1. The molecule has 0 radical (unpaired) electrons. The number of aliphatic hydroxyl groups excluding tert-OH is 1.